The van der Waals surface area contributed by atoms with E-state index in [1.807, 2.05) is 11.8 Å². The molecule has 4 rings (SSSR count). The Labute approximate surface area is 212 Å². The van der Waals surface area contributed by atoms with E-state index in [1.165, 1.54) is 57.8 Å². The summed E-state index contributed by atoms with van der Waals surface area (Å²) in [5, 5.41) is 9.26. The number of fused-ring (bicyclic) bond motifs is 5. The van der Waals surface area contributed by atoms with Crippen LogP contribution in [0.3, 0.4) is 0 Å². The van der Waals surface area contributed by atoms with Gasteiger partial charge < -0.3 is 15.6 Å². The van der Waals surface area contributed by atoms with Gasteiger partial charge in [-0.15, -0.1) is 0 Å². The lowest BCUT2D eigenvalue weighted by molar-refractivity contribution is -0.180. The quantitative estimate of drug-likeness (QED) is 0.317. The zero-order chi connectivity index (χ0) is 24.3. The molecule has 0 bridgehead atoms. The molecule has 0 amide bonds. The minimum absolute atomic E-state index is 0.318. The topological polar surface area (TPSA) is 72.5 Å². The van der Waals surface area contributed by atoms with Crippen LogP contribution in [0.5, 0.6) is 0 Å². The van der Waals surface area contributed by atoms with E-state index < -0.39 is 5.97 Å². The fourth-order valence-corrected chi connectivity index (χ4v) is 10.2. The van der Waals surface area contributed by atoms with Crippen molar-refractivity contribution in [2.75, 3.05) is 24.7 Å². The van der Waals surface area contributed by atoms with E-state index in [9.17, 15) is 9.90 Å². The predicted molar refractivity (Wildman–Crippen MR) is 142 cm³/mol. The van der Waals surface area contributed by atoms with Crippen molar-refractivity contribution in [2.45, 2.75) is 104 Å². The molecule has 9 atom stereocenters. The van der Waals surface area contributed by atoms with Crippen LogP contribution in [0.2, 0.25) is 0 Å². The van der Waals surface area contributed by atoms with Gasteiger partial charge in [-0.05, 0) is 110 Å². The molecule has 0 aromatic carbocycles. The van der Waals surface area contributed by atoms with Gasteiger partial charge in [-0.1, -0.05) is 33.6 Å². The molecule has 0 aliphatic heterocycles. The minimum Gasteiger partial charge on any atom is -0.481 e. The number of rotatable bonds is 11. The predicted octanol–water partition coefficient (Wildman–Crippen LogP) is 6.61. The highest BCUT2D eigenvalue weighted by molar-refractivity contribution is 7.99. The molecule has 4 saturated carbocycles. The Kier molecular flexibility index (Phi) is 9.00. The zero-order valence-electron chi connectivity index (χ0n) is 22.1. The van der Waals surface area contributed by atoms with Gasteiger partial charge in [0.2, 0.25) is 0 Å². The number of hydrogen-bond donors (Lipinski definition) is 2. The Morgan fingerprint density at radius 2 is 1.88 bits per heavy atom. The fraction of sp³-hybridized carbons (Fsp3) is 0.966. The Hall–Kier alpha value is -0.260. The third kappa shape index (κ3) is 5.23. The molecule has 4 aliphatic rings. The van der Waals surface area contributed by atoms with E-state index >= 15 is 0 Å². The van der Waals surface area contributed by atoms with E-state index in [4.69, 9.17) is 10.5 Å². The highest BCUT2D eigenvalue weighted by atomic mass is 32.2. The Morgan fingerprint density at radius 3 is 2.65 bits per heavy atom. The monoisotopic (exact) mass is 493 g/mol. The average molecular weight is 494 g/mol. The van der Waals surface area contributed by atoms with Crippen LogP contribution in [0.25, 0.3) is 0 Å². The second kappa shape index (κ2) is 11.4. The minimum atomic E-state index is -0.642. The average Bonchev–Trinajstić information content (AvgIpc) is 3.17. The largest absolute Gasteiger partial charge is 0.481 e. The normalized spacial score (nSPS) is 42.5. The Balaban J connectivity index is 1.50. The van der Waals surface area contributed by atoms with Crippen LogP contribution in [-0.2, 0) is 9.53 Å². The molecule has 0 radical (unpaired) electrons. The molecule has 196 valence electrons. The van der Waals surface area contributed by atoms with Crippen molar-refractivity contribution in [1.82, 2.24) is 0 Å². The van der Waals surface area contributed by atoms with Gasteiger partial charge >= 0.3 is 5.97 Å². The highest BCUT2D eigenvalue weighted by Gasteiger charge is 2.62. The highest BCUT2D eigenvalue weighted by Crippen LogP contribution is 2.68. The van der Waals surface area contributed by atoms with Crippen LogP contribution in [-0.4, -0.2) is 41.8 Å². The van der Waals surface area contributed by atoms with E-state index in [1.54, 1.807) is 0 Å². The third-order valence-corrected chi connectivity index (χ3v) is 12.3. The van der Waals surface area contributed by atoms with Crippen molar-refractivity contribution in [3.8, 4) is 0 Å². The van der Waals surface area contributed by atoms with Gasteiger partial charge in [-0.3, -0.25) is 4.79 Å². The molecule has 0 aromatic rings. The van der Waals surface area contributed by atoms with E-state index in [2.05, 4.69) is 20.8 Å². The first-order valence-corrected chi connectivity index (χ1v) is 15.6. The molecule has 0 saturated heterocycles. The van der Waals surface area contributed by atoms with Crippen molar-refractivity contribution in [3.05, 3.63) is 0 Å². The lowest BCUT2D eigenvalue weighted by Crippen LogP contribution is -2.58. The van der Waals surface area contributed by atoms with E-state index in [0.29, 0.717) is 41.1 Å². The number of hydrogen-bond acceptors (Lipinski definition) is 4. The van der Waals surface area contributed by atoms with Gasteiger partial charge in [0.25, 0.3) is 0 Å². The van der Waals surface area contributed by atoms with Gasteiger partial charge in [0, 0.05) is 25.3 Å². The molecule has 4 aliphatic carbocycles. The lowest BCUT2D eigenvalue weighted by Gasteiger charge is -2.62. The number of thioether (sulfide) groups is 1. The second-order valence-electron chi connectivity index (χ2n) is 12.8. The Morgan fingerprint density at radius 1 is 1.09 bits per heavy atom. The SMILES string of the molecule is CC(CCC(=O)O)C1CCC2C3C(OCCCSCCN)CC4CCCCC4(C)C3CCC12C. The number of nitrogens with two attached hydrogens (primary N) is 1. The summed E-state index contributed by atoms with van der Waals surface area (Å²) in [4.78, 5) is 11.2. The van der Waals surface area contributed by atoms with Crippen molar-refractivity contribution >= 4 is 17.7 Å². The molecule has 0 heterocycles. The smallest absolute Gasteiger partial charge is 0.303 e. The van der Waals surface area contributed by atoms with Crippen LogP contribution in [0.15, 0.2) is 0 Å². The maximum absolute atomic E-state index is 11.2. The van der Waals surface area contributed by atoms with Crippen LogP contribution in [0, 0.1) is 46.3 Å². The number of ether oxygens (including phenoxy) is 1. The van der Waals surface area contributed by atoms with Gasteiger partial charge in [0.05, 0.1) is 6.10 Å². The summed E-state index contributed by atoms with van der Waals surface area (Å²) in [6.07, 6.45) is 14.9. The Bertz CT molecular complexity index is 688. The number of carboxylic acid groups (broad SMARTS) is 1. The van der Waals surface area contributed by atoms with Crippen LogP contribution in [0.4, 0.5) is 0 Å². The first kappa shape index (κ1) is 26.8. The summed E-state index contributed by atoms with van der Waals surface area (Å²) in [5.41, 5.74) is 6.52. The van der Waals surface area contributed by atoms with Crippen LogP contribution < -0.4 is 5.73 Å². The summed E-state index contributed by atoms with van der Waals surface area (Å²) < 4.78 is 6.83. The number of carbonyl (C=O) groups is 1. The van der Waals surface area contributed by atoms with Gasteiger partial charge in [0.1, 0.15) is 0 Å². The standard InChI is InChI=1S/C29H51NO3S/c1-20(8-11-26(31)32)22-9-10-23-27-24(12-14-29(22,23)3)28(2)13-5-4-7-21(28)19-25(27)33-16-6-17-34-18-15-30/h20-25,27H,4-19,30H2,1-3H3,(H,31,32). The van der Waals surface area contributed by atoms with Crippen LogP contribution in [0.1, 0.15) is 97.8 Å². The van der Waals surface area contributed by atoms with Crippen molar-refractivity contribution in [1.29, 1.82) is 0 Å². The number of aliphatic carboxylic acids is 1. The van der Waals surface area contributed by atoms with Crippen molar-refractivity contribution in [3.63, 3.8) is 0 Å². The maximum atomic E-state index is 11.2. The van der Waals surface area contributed by atoms with Gasteiger partial charge in [-0.25, -0.2) is 0 Å². The third-order valence-electron chi connectivity index (χ3n) is 11.2. The summed E-state index contributed by atoms with van der Waals surface area (Å²) in [6.45, 7) is 9.23. The van der Waals surface area contributed by atoms with Crippen LogP contribution >= 0.6 is 11.8 Å². The molecule has 9 unspecified atom stereocenters. The molecule has 3 N–H and O–H groups in total. The first-order valence-electron chi connectivity index (χ1n) is 14.4. The van der Waals surface area contributed by atoms with E-state index in [-0.39, 0.29) is 0 Å². The van der Waals surface area contributed by atoms with E-state index in [0.717, 1.165) is 55.3 Å². The molecule has 0 spiro atoms. The summed E-state index contributed by atoms with van der Waals surface area (Å²) in [6, 6.07) is 0. The molecular formula is C29H51NO3S. The summed E-state index contributed by atoms with van der Waals surface area (Å²) >= 11 is 1.96. The first-order chi connectivity index (χ1) is 16.3. The zero-order valence-corrected chi connectivity index (χ0v) is 22.9. The number of carboxylic acids is 1. The molecule has 34 heavy (non-hydrogen) atoms. The van der Waals surface area contributed by atoms with Crippen molar-refractivity contribution in [2.24, 2.45) is 52.1 Å². The molecule has 4 nitrogen and oxygen atoms in total. The molecule has 4 fully saturated rings. The lowest BCUT2D eigenvalue weighted by atomic mass is 9.44. The van der Waals surface area contributed by atoms with Gasteiger partial charge in [0.15, 0.2) is 0 Å². The summed E-state index contributed by atoms with van der Waals surface area (Å²) in [7, 11) is 0. The second-order valence-corrected chi connectivity index (χ2v) is 14.0. The molecule has 0 aromatic heterocycles. The summed E-state index contributed by atoms with van der Waals surface area (Å²) in [5.74, 6) is 5.85. The maximum Gasteiger partial charge on any atom is 0.303 e. The van der Waals surface area contributed by atoms with Crippen molar-refractivity contribution < 1.29 is 14.6 Å². The fourth-order valence-electron chi connectivity index (χ4n) is 9.51. The molecular weight excluding hydrogens is 442 g/mol. The molecule has 5 heteroatoms. The van der Waals surface area contributed by atoms with Gasteiger partial charge in [-0.2, -0.15) is 11.8 Å².